The fourth-order valence-electron chi connectivity index (χ4n) is 1.75. The summed E-state index contributed by atoms with van der Waals surface area (Å²) >= 11 is 3.09. The lowest BCUT2D eigenvalue weighted by Crippen LogP contribution is -2.35. The highest BCUT2D eigenvalue weighted by atomic mass is 32.2. The molecule has 0 aliphatic rings. The molecule has 106 valence electrons. The minimum absolute atomic E-state index is 0.0606. The van der Waals surface area contributed by atoms with E-state index in [9.17, 15) is 0 Å². The van der Waals surface area contributed by atoms with Gasteiger partial charge >= 0.3 is 0 Å². The van der Waals surface area contributed by atoms with Crippen LogP contribution in [0.3, 0.4) is 0 Å². The Hall–Kier alpha value is -1.31. The Balaban J connectivity index is 1.92. The zero-order valence-electron chi connectivity index (χ0n) is 11.6. The third-order valence-electron chi connectivity index (χ3n) is 2.70. The summed E-state index contributed by atoms with van der Waals surface area (Å²) in [4.78, 5) is 9.79. The lowest BCUT2D eigenvalue weighted by molar-refractivity contribution is 0.418. The SMILES string of the molecule is CC(C)(C)NCc1c(Sc2ncco2)nc2sccn12. The van der Waals surface area contributed by atoms with Gasteiger partial charge in [0.05, 0.1) is 11.9 Å². The molecule has 0 saturated heterocycles. The van der Waals surface area contributed by atoms with Crippen molar-refractivity contribution in [2.75, 3.05) is 0 Å². The van der Waals surface area contributed by atoms with E-state index >= 15 is 0 Å². The van der Waals surface area contributed by atoms with E-state index in [2.05, 4.69) is 40.5 Å². The van der Waals surface area contributed by atoms with Gasteiger partial charge in [-0.25, -0.2) is 9.97 Å². The van der Waals surface area contributed by atoms with Gasteiger partial charge in [-0.2, -0.15) is 0 Å². The van der Waals surface area contributed by atoms with Crippen molar-refractivity contribution in [2.45, 2.75) is 43.1 Å². The second-order valence-electron chi connectivity index (χ2n) is 5.42. The summed E-state index contributed by atoms with van der Waals surface area (Å²) in [5.41, 5.74) is 1.20. The summed E-state index contributed by atoms with van der Waals surface area (Å²) in [6.07, 6.45) is 5.27. The Morgan fingerprint density at radius 1 is 1.45 bits per heavy atom. The molecule has 0 spiro atoms. The van der Waals surface area contributed by atoms with Crippen molar-refractivity contribution in [3.63, 3.8) is 0 Å². The fraction of sp³-hybridized carbons (Fsp3) is 0.385. The van der Waals surface area contributed by atoms with Crippen molar-refractivity contribution in [3.8, 4) is 0 Å². The maximum atomic E-state index is 5.30. The standard InChI is InChI=1S/C13H16N4OS2/c1-13(2,3)15-8-9-10(20-12-14-4-6-18-12)16-11-17(9)5-7-19-11/h4-7,15H,8H2,1-3H3. The molecule has 0 amide bonds. The van der Waals surface area contributed by atoms with Crippen molar-refractivity contribution in [1.82, 2.24) is 19.7 Å². The van der Waals surface area contributed by atoms with Crippen LogP contribution in [0.25, 0.3) is 4.96 Å². The fourth-order valence-corrected chi connectivity index (χ4v) is 3.34. The predicted molar refractivity (Wildman–Crippen MR) is 80.3 cm³/mol. The van der Waals surface area contributed by atoms with Crippen LogP contribution in [0.2, 0.25) is 0 Å². The number of nitrogens with zero attached hydrogens (tertiary/aromatic N) is 3. The molecule has 3 aromatic rings. The van der Waals surface area contributed by atoms with E-state index in [0.29, 0.717) is 5.22 Å². The smallest absolute Gasteiger partial charge is 0.262 e. The van der Waals surface area contributed by atoms with Gasteiger partial charge in [0.2, 0.25) is 0 Å². The first kappa shape index (κ1) is 13.7. The molecule has 0 aromatic carbocycles. The number of fused-ring (bicyclic) bond motifs is 1. The summed E-state index contributed by atoms with van der Waals surface area (Å²) in [6, 6.07) is 0. The normalized spacial score (nSPS) is 12.3. The number of oxazole rings is 1. The molecule has 0 unspecified atom stereocenters. The number of aromatic nitrogens is 3. The molecule has 20 heavy (non-hydrogen) atoms. The first-order valence-corrected chi connectivity index (χ1v) is 7.99. The molecule has 0 atom stereocenters. The van der Waals surface area contributed by atoms with Crippen LogP contribution in [0.15, 0.2) is 38.7 Å². The van der Waals surface area contributed by atoms with Crippen LogP contribution in [-0.4, -0.2) is 19.9 Å². The highest BCUT2D eigenvalue weighted by Crippen LogP contribution is 2.31. The summed E-state index contributed by atoms with van der Waals surface area (Å²) < 4.78 is 7.42. The predicted octanol–water partition coefficient (Wildman–Crippen LogP) is 3.42. The monoisotopic (exact) mass is 308 g/mol. The van der Waals surface area contributed by atoms with E-state index < -0.39 is 0 Å². The third-order valence-corrected chi connectivity index (χ3v) is 4.36. The van der Waals surface area contributed by atoms with Crippen molar-refractivity contribution in [3.05, 3.63) is 29.7 Å². The van der Waals surface area contributed by atoms with Crippen molar-refractivity contribution < 1.29 is 4.42 Å². The summed E-state index contributed by atoms with van der Waals surface area (Å²) in [5.74, 6) is 0. The molecule has 0 saturated carbocycles. The Morgan fingerprint density at radius 2 is 2.30 bits per heavy atom. The van der Waals surface area contributed by atoms with Gasteiger partial charge in [0.1, 0.15) is 11.3 Å². The molecular weight excluding hydrogens is 292 g/mol. The third kappa shape index (κ3) is 2.89. The van der Waals surface area contributed by atoms with Crippen LogP contribution in [0.1, 0.15) is 26.5 Å². The van der Waals surface area contributed by atoms with E-state index in [1.807, 2.05) is 11.6 Å². The summed E-state index contributed by atoms with van der Waals surface area (Å²) in [7, 11) is 0. The van der Waals surface area contributed by atoms with Gasteiger partial charge in [-0.1, -0.05) is 0 Å². The van der Waals surface area contributed by atoms with Gasteiger partial charge in [-0.3, -0.25) is 4.40 Å². The number of thiazole rings is 1. The molecule has 0 aliphatic heterocycles. The van der Waals surface area contributed by atoms with Crippen LogP contribution in [-0.2, 0) is 6.54 Å². The van der Waals surface area contributed by atoms with Gasteiger partial charge in [-0.05, 0) is 32.5 Å². The number of imidazole rings is 1. The lowest BCUT2D eigenvalue weighted by Gasteiger charge is -2.20. The molecular formula is C13H16N4OS2. The number of hydrogen-bond donors (Lipinski definition) is 1. The van der Waals surface area contributed by atoms with Gasteiger partial charge in [0, 0.05) is 23.7 Å². The largest absolute Gasteiger partial charge is 0.440 e. The number of rotatable bonds is 4. The van der Waals surface area contributed by atoms with E-state index in [1.54, 1.807) is 23.8 Å². The highest BCUT2D eigenvalue weighted by Gasteiger charge is 2.18. The molecule has 3 aromatic heterocycles. The Labute approximate surface area is 125 Å². The van der Waals surface area contributed by atoms with Crippen LogP contribution >= 0.6 is 23.1 Å². The molecule has 1 N–H and O–H groups in total. The molecule has 0 radical (unpaired) electrons. The van der Waals surface area contributed by atoms with E-state index in [0.717, 1.165) is 22.2 Å². The molecule has 7 heteroatoms. The van der Waals surface area contributed by atoms with Crippen molar-refractivity contribution >= 4 is 28.1 Å². The maximum Gasteiger partial charge on any atom is 0.262 e. The van der Waals surface area contributed by atoms with Gasteiger partial charge in [0.15, 0.2) is 4.96 Å². The second kappa shape index (κ2) is 5.23. The lowest BCUT2D eigenvalue weighted by atomic mass is 10.1. The molecule has 0 fully saturated rings. The van der Waals surface area contributed by atoms with Gasteiger partial charge < -0.3 is 9.73 Å². The zero-order valence-corrected chi connectivity index (χ0v) is 13.2. The maximum absolute atomic E-state index is 5.30. The minimum atomic E-state index is 0.0606. The van der Waals surface area contributed by atoms with E-state index in [1.165, 1.54) is 11.8 Å². The molecule has 3 heterocycles. The minimum Gasteiger partial charge on any atom is -0.440 e. The van der Waals surface area contributed by atoms with Gasteiger partial charge in [-0.15, -0.1) is 11.3 Å². The first-order chi connectivity index (χ1) is 9.53. The Morgan fingerprint density at radius 3 is 3.00 bits per heavy atom. The molecule has 0 aliphatic carbocycles. The Bertz CT molecular complexity index is 694. The number of nitrogens with one attached hydrogen (secondary N) is 1. The van der Waals surface area contributed by atoms with Crippen molar-refractivity contribution in [1.29, 1.82) is 0 Å². The molecule has 3 rings (SSSR count). The first-order valence-electron chi connectivity index (χ1n) is 6.30. The summed E-state index contributed by atoms with van der Waals surface area (Å²) in [6.45, 7) is 7.21. The van der Waals surface area contributed by atoms with Crippen LogP contribution in [0.5, 0.6) is 0 Å². The molecule has 5 nitrogen and oxygen atoms in total. The van der Waals surface area contributed by atoms with Crippen molar-refractivity contribution in [2.24, 2.45) is 0 Å². The van der Waals surface area contributed by atoms with Crippen LogP contribution in [0.4, 0.5) is 0 Å². The summed E-state index contributed by atoms with van der Waals surface area (Å²) in [5, 5.41) is 7.11. The average Bonchev–Trinajstić information content (AvgIpc) is 3.03. The topological polar surface area (TPSA) is 55.4 Å². The van der Waals surface area contributed by atoms with E-state index in [-0.39, 0.29) is 5.54 Å². The van der Waals surface area contributed by atoms with Crippen LogP contribution in [0, 0.1) is 0 Å². The Kier molecular flexibility index (Phi) is 3.57. The molecule has 0 bridgehead atoms. The van der Waals surface area contributed by atoms with Crippen LogP contribution < -0.4 is 5.32 Å². The van der Waals surface area contributed by atoms with Gasteiger partial charge in [0.25, 0.3) is 5.22 Å². The number of hydrogen-bond acceptors (Lipinski definition) is 6. The van der Waals surface area contributed by atoms with E-state index in [4.69, 9.17) is 4.42 Å². The zero-order chi connectivity index (χ0) is 14.2. The average molecular weight is 308 g/mol. The quantitative estimate of drug-likeness (QED) is 0.800. The highest BCUT2D eigenvalue weighted by molar-refractivity contribution is 7.99. The second-order valence-corrected chi connectivity index (χ2v) is 7.24.